The van der Waals surface area contributed by atoms with Crippen molar-refractivity contribution in [2.24, 2.45) is 0 Å². The maximum Gasteiger partial charge on any atom is 0.257 e. The van der Waals surface area contributed by atoms with Crippen LogP contribution in [0.4, 0.5) is 15.9 Å². The fourth-order valence-corrected chi connectivity index (χ4v) is 2.07. The summed E-state index contributed by atoms with van der Waals surface area (Å²) in [4.78, 5) is 16.3. The summed E-state index contributed by atoms with van der Waals surface area (Å²) in [6.07, 6.45) is 1.39. The van der Waals surface area contributed by atoms with Crippen LogP contribution in [0, 0.1) is 5.82 Å². The third kappa shape index (κ3) is 3.83. The van der Waals surface area contributed by atoms with Crippen molar-refractivity contribution in [2.75, 3.05) is 17.2 Å². The Morgan fingerprint density at radius 3 is 2.71 bits per heavy atom. The molecule has 0 atom stereocenters. The number of pyridine rings is 1. The minimum atomic E-state index is -0.477. The van der Waals surface area contributed by atoms with Crippen LogP contribution < -0.4 is 10.6 Å². The molecule has 2 rings (SSSR count). The fraction of sp³-hybridized carbons (Fsp3) is 0.143. The number of rotatable bonds is 4. The standard InChI is InChI=1S/C14H12Cl2FN3O/c1-2-18-13-6-9(11(16)7-19-13)14(21)20-12-4-3-8(17)5-10(12)15/h3-7H,2H2,1H3,(H,18,19)(H,20,21). The number of anilines is 2. The molecule has 0 aliphatic heterocycles. The second-order valence-electron chi connectivity index (χ2n) is 4.16. The van der Waals surface area contributed by atoms with Gasteiger partial charge in [-0.1, -0.05) is 23.2 Å². The number of hydrogen-bond donors (Lipinski definition) is 2. The van der Waals surface area contributed by atoms with Crippen LogP contribution in [0.1, 0.15) is 17.3 Å². The maximum absolute atomic E-state index is 13.0. The van der Waals surface area contributed by atoms with E-state index >= 15 is 0 Å². The van der Waals surface area contributed by atoms with Crippen LogP contribution in [0.15, 0.2) is 30.5 Å². The number of nitrogens with one attached hydrogen (secondary N) is 2. The molecule has 1 amide bonds. The topological polar surface area (TPSA) is 54.0 Å². The van der Waals surface area contributed by atoms with Crippen molar-refractivity contribution in [1.82, 2.24) is 4.98 Å². The van der Waals surface area contributed by atoms with Crippen LogP contribution in [-0.4, -0.2) is 17.4 Å². The predicted molar refractivity (Wildman–Crippen MR) is 82.8 cm³/mol. The lowest BCUT2D eigenvalue weighted by Crippen LogP contribution is -2.14. The number of benzene rings is 1. The third-order valence-corrected chi connectivity index (χ3v) is 3.25. The predicted octanol–water partition coefficient (Wildman–Crippen LogP) is 4.21. The smallest absolute Gasteiger partial charge is 0.257 e. The largest absolute Gasteiger partial charge is 0.370 e. The monoisotopic (exact) mass is 327 g/mol. The second-order valence-corrected chi connectivity index (χ2v) is 4.97. The van der Waals surface area contributed by atoms with Crippen LogP contribution in [-0.2, 0) is 0 Å². The quantitative estimate of drug-likeness (QED) is 0.884. The molecule has 0 aliphatic rings. The highest BCUT2D eigenvalue weighted by Gasteiger charge is 2.14. The SMILES string of the molecule is CCNc1cc(C(=O)Nc2ccc(F)cc2Cl)c(Cl)cn1. The first-order valence-corrected chi connectivity index (χ1v) is 6.92. The molecule has 110 valence electrons. The Morgan fingerprint density at radius 1 is 1.29 bits per heavy atom. The first kappa shape index (κ1) is 15.5. The average Bonchev–Trinajstić information content (AvgIpc) is 2.44. The lowest BCUT2D eigenvalue weighted by molar-refractivity contribution is 0.102. The molecular formula is C14H12Cl2FN3O. The lowest BCUT2D eigenvalue weighted by atomic mass is 10.2. The molecule has 1 heterocycles. The molecule has 0 bridgehead atoms. The van der Waals surface area contributed by atoms with Crippen molar-refractivity contribution in [3.63, 3.8) is 0 Å². The van der Waals surface area contributed by atoms with Crippen LogP contribution in [0.2, 0.25) is 10.0 Å². The summed E-state index contributed by atoms with van der Waals surface area (Å²) < 4.78 is 13.0. The number of nitrogens with zero attached hydrogens (tertiary/aromatic N) is 1. The van der Waals surface area contributed by atoms with Crippen molar-refractivity contribution in [3.8, 4) is 0 Å². The molecular weight excluding hydrogens is 316 g/mol. The van der Waals surface area contributed by atoms with Gasteiger partial charge in [-0.2, -0.15) is 0 Å². The molecule has 0 saturated heterocycles. The van der Waals surface area contributed by atoms with Gasteiger partial charge in [0.2, 0.25) is 0 Å². The highest BCUT2D eigenvalue weighted by atomic mass is 35.5. The number of halogens is 3. The number of carbonyl (C=O) groups excluding carboxylic acids is 1. The zero-order chi connectivity index (χ0) is 15.4. The maximum atomic E-state index is 13.0. The number of aromatic nitrogens is 1. The molecule has 1 aromatic carbocycles. The van der Waals surface area contributed by atoms with Gasteiger partial charge in [0, 0.05) is 12.7 Å². The van der Waals surface area contributed by atoms with Gasteiger partial charge in [-0.25, -0.2) is 9.37 Å². The van der Waals surface area contributed by atoms with E-state index in [0.29, 0.717) is 18.1 Å². The Hall–Kier alpha value is -1.85. The number of hydrogen-bond acceptors (Lipinski definition) is 3. The summed E-state index contributed by atoms with van der Waals surface area (Å²) in [6.45, 7) is 2.58. The van der Waals surface area contributed by atoms with Gasteiger partial charge in [0.1, 0.15) is 11.6 Å². The van der Waals surface area contributed by atoms with Crippen LogP contribution >= 0.6 is 23.2 Å². The van der Waals surface area contributed by atoms with E-state index in [0.717, 1.165) is 6.07 Å². The molecule has 0 radical (unpaired) electrons. The van der Waals surface area contributed by atoms with E-state index < -0.39 is 11.7 Å². The zero-order valence-electron chi connectivity index (χ0n) is 11.1. The first-order valence-electron chi connectivity index (χ1n) is 6.17. The van der Waals surface area contributed by atoms with Crippen molar-refractivity contribution >= 4 is 40.6 Å². The Bertz CT molecular complexity index is 679. The third-order valence-electron chi connectivity index (χ3n) is 2.64. The normalized spacial score (nSPS) is 10.3. The summed E-state index contributed by atoms with van der Waals surface area (Å²) in [5.74, 6) is -0.387. The Labute approximate surface area is 131 Å². The molecule has 0 spiro atoms. The fourth-order valence-electron chi connectivity index (χ4n) is 1.67. The van der Waals surface area contributed by atoms with Crippen molar-refractivity contribution in [3.05, 3.63) is 51.9 Å². The molecule has 7 heteroatoms. The average molecular weight is 328 g/mol. The minimum Gasteiger partial charge on any atom is -0.370 e. The van der Waals surface area contributed by atoms with Crippen LogP contribution in [0.3, 0.4) is 0 Å². The molecule has 1 aromatic heterocycles. The number of carbonyl (C=O) groups is 1. The Kier molecular flexibility index (Phi) is 4.98. The van der Waals surface area contributed by atoms with Crippen molar-refractivity contribution < 1.29 is 9.18 Å². The van der Waals surface area contributed by atoms with Gasteiger partial charge in [0.25, 0.3) is 5.91 Å². The van der Waals surface area contributed by atoms with E-state index in [2.05, 4.69) is 15.6 Å². The molecule has 0 aliphatic carbocycles. The van der Waals surface area contributed by atoms with Crippen molar-refractivity contribution in [1.29, 1.82) is 0 Å². The van der Waals surface area contributed by atoms with E-state index in [1.54, 1.807) is 6.07 Å². The zero-order valence-corrected chi connectivity index (χ0v) is 12.6. The summed E-state index contributed by atoms with van der Waals surface area (Å²) in [7, 11) is 0. The van der Waals surface area contributed by atoms with Gasteiger partial charge in [0.05, 0.1) is 21.3 Å². The van der Waals surface area contributed by atoms with E-state index in [1.807, 2.05) is 6.92 Å². The van der Waals surface area contributed by atoms with E-state index in [9.17, 15) is 9.18 Å². The summed E-state index contributed by atoms with van der Waals surface area (Å²) in [6, 6.07) is 5.25. The molecule has 4 nitrogen and oxygen atoms in total. The summed E-state index contributed by atoms with van der Waals surface area (Å²) in [5.41, 5.74) is 0.559. The molecule has 0 unspecified atom stereocenters. The Balaban J connectivity index is 2.25. The summed E-state index contributed by atoms with van der Waals surface area (Å²) >= 11 is 11.8. The second kappa shape index (κ2) is 6.74. The number of amides is 1. The molecule has 2 aromatic rings. The molecule has 0 fully saturated rings. The molecule has 2 N–H and O–H groups in total. The lowest BCUT2D eigenvalue weighted by Gasteiger charge is -2.10. The van der Waals surface area contributed by atoms with E-state index in [-0.39, 0.29) is 15.6 Å². The van der Waals surface area contributed by atoms with Gasteiger partial charge < -0.3 is 10.6 Å². The van der Waals surface area contributed by atoms with Gasteiger partial charge in [-0.3, -0.25) is 4.79 Å². The van der Waals surface area contributed by atoms with E-state index in [1.165, 1.54) is 18.3 Å². The summed E-state index contributed by atoms with van der Waals surface area (Å²) in [5, 5.41) is 5.90. The highest BCUT2D eigenvalue weighted by Crippen LogP contribution is 2.25. The van der Waals surface area contributed by atoms with Gasteiger partial charge in [0.15, 0.2) is 0 Å². The van der Waals surface area contributed by atoms with Gasteiger partial charge >= 0.3 is 0 Å². The Morgan fingerprint density at radius 2 is 2.05 bits per heavy atom. The molecule has 21 heavy (non-hydrogen) atoms. The van der Waals surface area contributed by atoms with Crippen molar-refractivity contribution in [2.45, 2.75) is 6.92 Å². The van der Waals surface area contributed by atoms with E-state index in [4.69, 9.17) is 23.2 Å². The van der Waals surface area contributed by atoms with Crippen LogP contribution in [0.5, 0.6) is 0 Å². The molecule has 0 saturated carbocycles. The van der Waals surface area contributed by atoms with Gasteiger partial charge in [-0.05, 0) is 31.2 Å². The first-order chi connectivity index (χ1) is 10.0. The van der Waals surface area contributed by atoms with Gasteiger partial charge in [-0.15, -0.1) is 0 Å². The highest BCUT2D eigenvalue weighted by molar-refractivity contribution is 6.35. The minimum absolute atomic E-state index is 0.112. The van der Waals surface area contributed by atoms with Crippen LogP contribution in [0.25, 0.3) is 0 Å².